The first-order valence-corrected chi connectivity index (χ1v) is 17.6. The molecule has 0 aromatic heterocycles. The third-order valence-corrected chi connectivity index (χ3v) is 10.2. The number of ether oxygens (including phenoxy) is 4. The number of carbonyl (C=O) groups excluding carboxylic acids is 5. The molecular formula is C39H50N2O12. The van der Waals surface area contributed by atoms with Crippen LogP contribution in [0.5, 0.6) is 5.75 Å². The van der Waals surface area contributed by atoms with Gasteiger partial charge in [0.1, 0.15) is 11.9 Å². The van der Waals surface area contributed by atoms with Gasteiger partial charge >= 0.3 is 11.8 Å². The van der Waals surface area contributed by atoms with Gasteiger partial charge in [0.25, 0.3) is 11.7 Å². The van der Waals surface area contributed by atoms with Crippen LogP contribution in [0, 0.1) is 30.6 Å². The Kier molecular flexibility index (Phi) is 12.9. The number of anilines is 1. The summed E-state index contributed by atoms with van der Waals surface area (Å²) in [6.07, 6.45) is 4.50. The lowest BCUT2D eigenvalue weighted by Gasteiger charge is -2.38. The molecule has 0 spiro atoms. The van der Waals surface area contributed by atoms with Gasteiger partial charge in [-0.25, -0.2) is 0 Å². The lowest BCUT2D eigenvalue weighted by atomic mass is 9.78. The van der Waals surface area contributed by atoms with Crippen LogP contribution in [-0.2, 0) is 23.8 Å². The van der Waals surface area contributed by atoms with Crippen molar-refractivity contribution in [3.8, 4) is 5.75 Å². The number of hydrogen-bond acceptors (Lipinski definition) is 13. The highest BCUT2D eigenvalue weighted by Crippen LogP contribution is 2.47. The van der Waals surface area contributed by atoms with Crippen LogP contribution in [-0.4, -0.2) is 95.0 Å². The SMILES string of the molecule is CO[C@H]1/C=C/O[C@@]2(C)Oc3c(C)c(NCCO)c4c(c3C2=O)C(=O)C=C(NC(=O)/C(C)=C\C=C\[C@H](C)[C@H](O)[C@@H](C)[C@@H](O)[C@@H](C)[C@H](OC(C)=O)[C@@H]1C)C4=O. The number of aliphatic hydroxyl groups excluding tert-OH is 3. The van der Waals surface area contributed by atoms with E-state index in [1.54, 1.807) is 46.8 Å². The molecule has 3 heterocycles. The van der Waals surface area contributed by atoms with Gasteiger partial charge in [-0.1, -0.05) is 45.9 Å². The predicted molar refractivity (Wildman–Crippen MR) is 193 cm³/mol. The molecule has 1 aromatic carbocycles. The number of benzene rings is 1. The molecule has 53 heavy (non-hydrogen) atoms. The van der Waals surface area contributed by atoms with Crippen LogP contribution in [0.15, 0.2) is 47.9 Å². The van der Waals surface area contributed by atoms with Crippen LogP contribution in [0.1, 0.15) is 85.1 Å². The fourth-order valence-electron chi connectivity index (χ4n) is 7.04. The van der Waals surface area contributed by atoms with E-state index in [0.29, 0.717) is 5.56 Å². The second-order valence-electron chi connectivity index (χ2n) is 14.1. The zero-order valence-electron chi connectivity index (χ0n) is 31.5. The van der Waals surface area contributed by atoms with E-state index in [0.717, 1.165) is 6.08 Å². The molecule has 0 unspecified atom stereocenters. The molecule has 3 aliphatic heterocycles. The van der Waals surface area contributed by atoms with Gasteiger partial charge in [-0.2, -0.15) is 0 Å². The number of fused-ring (bicyclic) bond motifs is 14. The first-order chi connectivity index (χ1) is 24.9. The van der Waals surface area contributed by atoms with Gasteiger partial charge in [-0.05, 0) is 19.9 Å². The molecule has 0 radical (unpaired) electrons. The summed E-state index contributed by atoms with van der Waals surface area (Å²) in [4.78, 5) is 67.4. The maximum atomic E-state index is 14.1. The van der Waals surface area contributed by atoms with Crippen molar-refractivity contribution in [1.29, 1.82) is 0 Å². The summed E-state index contributed by atoms with van der Waals surface area (Å²) < 4.78 is 23.5. The molecule has 5 N–H and O–H groups in total. The van der Waals surface area contributed by atoms with Crippen LogP contribution in [0.2, 0.25) is 0 Å². The lowest BCUT2D eigenvalue weighted by Crippen LogP contribution is -2.46. The van der Waals surface area contributed by atoms with Crippen LogP contribution in [0.25, 0.3) is 0 Å². The van der Waals surface area contributed by atoms with Crippen molar-refractivity contribution in [2.24, 2.45) is 23.7 Å². The quantitative estimate of drug-likeness (QED) is 0.275. The second-order valence-corrected chi connectivity index (χ2v) is 14.1. The third kappa shape index (κ3) is 8.15. The number of hydrogen-bond donors (Lipinski definition) is 5. The molecule has 288 valence electrons. The molecule has 5 bridgehead atoms. The van der Waals surface area contributed by atoms with Gasteiger partial charge in [-0.3, -0.25) is 24.0 Å². The molecule has 0 saturated carbocycles. The van der Waals surface area contributed by atoms with Crippen molar-refractivity contribution in [2.75, 3.05) is 25.6 Å². The minimum Gasteiger partial charge on any atom is -0.462 e. The highest BCUT2D eigenvalue weighted by molar-refractivity contribution is 6.31. The zero-order valence-corrected chi connectivity index (χ0v) is 31.5. The summed E-state index contributed by atoms with van der Waals surface area (Å²) >= 11 is 0. The van der Waals surface area contributed by atoms with E-state index in [1.165, 1.54) is 46.3 Å². The molecule has 14 heteroatoms. The molecule has 1 amide bonds. The van der Waals surface area contributed by atoms with E-state index in [1.807, 2.05) is 0 Å². The van der Waals surface area contributed by atoms with Gasteiger partial charge in [0.05, 0.1) is 59.3 Å². The van der Waals surface area contributed by atoms with E-state index in [9.17, 15) is 39.3 Å². The maximum absolute atomic E-state index is 14.1. The van der Waals surface area contributed by atoms with Crippen molar-refractivity contribution in [1.82, 2.24) is 5.32 Å². The van der Waals surface area contributed by atoms with Crippen molar-refractivity contribution < 1.29 is 58.2 Å². The summed E-state index contributed by atoms with van der Waals surface area (Å²) in [6.45, 7) is 12.3. The Morgan fingerprint density at radius 3 is 2.28 bits per heavy atom. The van der Waals surface area contributed by atoms with Crippen LogP contribution >= 0.6 is 0 Å². The van der Waals surface area contributed by atoms with E-state index < -0.39 is 83.1 Å². The highest BCUT2D eigenvalue weighted by Gasteiger charge is 2.51. The highest BCUT2D eigenvalue weighted by atomic mass is 16.7. The minimum absolute atomic E-state index is 0.00291. The Balaban J connectivity index is 1.87. The summed E-state index contributed by atoms with van der Waals surface area (Å²) in [5, 5.41) is 37.7. The Hall–Kier alpha value is -4.63. The van der Waals surface area contributed by atoms with Crippen molar-refractivity contribution in [3.63, 3.8) is 0 Å². The fraction of sp³-hybridized carbons (Fsp3) is 0.513. The fourth-order valence-corrected chi connectivity index (χ4v) is 7.04. The van der Waals surface area contributed by atoms with Gasteiger partial charge in [0.15, 0.2) is 5.78 Å². The Bertz CT molecular complexity index is 1780. The molecule has 4 aliphatic rings. The second kappa shape index (κ2) is 16.6. The average molecular weight is 739 g/mol. The van der Waals surface area contributed by atoms with Gasteiger partial charge in [0.2, 0.25) is 5.78 Å². The summed E-state index contributed by atoms with van der Waals surface area (Å²) in [7, 11) is 1.43. The van der Waals surface area contributed by atoms with Crippen molar-refractivity contribution in [2.45, 2.75) is 85.6 Å². The monoisotopic (exact) mass is 738 g/mol. The lowest BCUT2D eigenvalue weighted by molar-refractivity contribution is -0.160. The van der Waals surface area contributed by atoms with Crippen molar-refractivity contribution >= 4 is 34.9 Å². The molecule has 0 fully saturated rings. The normalized spacial score (nSPS) is 33.1. The van der Waals surface area contributed by atoms with Gasteiger partial charge in [0, 0.05) is 68.4 Å². The van der Waals surface area contributed by atoms with E-state index in [4.69, 9.17) is 18.9 Å². The van der Waals surface area contributed by atoms with E-state index in [2.05, 4.69) is 10.6 Å². The maximum Gasteiger partial charge on any atom is 0.312 e. The van der Waals surface area contributed by atoms with Gasteiger partial charge < -0.3 is 44.9 Å². The number of aliphatic hydroxyl groups is 3. The van der Waals surface area contributed by atoms with Crippen LogP contribution < -0.4 is 15.4 Å². The summed E-state index contributed by atoms with van der Waals surface area (Å²) in [6, 6.07) is 0. The van der Waals surface area contributed by atoms with Gasteiger partial charge in [-0.15, -0.1) is 0 Å². The number of Topliss-reactive ketones (excluding diaryl/α,β-unsaturated/α-hetero) is 2. The number of nitrogens with one attached hydrogen (secondary N) is 2. The molecule has 14 nitrogen and oxygen atoms in total. The van der Waals surface area contributed by atoms with Crippen LogP contribution in [0.4, 0.5) is 5.69 Å². The first kappa shape index (κ1) is 41.1. The molecule has 9 atom stereocenters. The Morgan fingerprint density at radius 2 is 1.66 bits per heavy atom. The first-order valence-electron chi connectivity index (χ1n) is 17.6. The van der Waals surface area contributed by atoms with E-state index in [-0.39, 0.29) is 52.5 Å². The number of esters is 1. The van der Waals surface area contributed by atoms with Crippen LogP contribution in [0.3, 0.4) is 0 Å². The number of rotatable bonds is 5. The molecule has 5 rings (SSSR count). The van der Waals surface area contributed by atoms with E-state index >= 15 is 0 Å². The minimum atomic E-state index is -2.00. The van der Waals surface area contributed by atoms with Crippen molar-refractivity contribution in [3.05, 3.63) is 70.2 Å². The zero-order chi connectivity index (χ0) is 39.5. The third-order valence-electron chi connectivity index (χ3n) is 10.2. The number of allylic oxidation sites excluding steroid dienone is 4. The predicted octanol–water partition coefficient (Wildman–Crippen LogP) is 3.33. The molecule has 1 aliphatic carbocycles. The molecule has 0 saturated heterocycles. The summed E-state index contributed by atoms with van der Waals surface area (Å²) in [5.41, 5.74) is -0.273. The largest absolute Gasteiger partial charge is 0.462 e. The average Bonchev–Trinajstić information content (AvgIpc) is 3.38. The number of ketones is 3. The summed E-state index contributed by atoms with van der Waals surface area (Å²) in [5.74, 6) is -7.91. The number of amides is 1. The Labute approximate surface area is 308 Å². The molecule has 1 aromatic rings. The Morgan fingerprint density at radius 1 is 0.981 bits per heavy atom. The standard InChI is InChI=1S/C39H50N2O12/c1-18-11-10-12-19(2)38(49)41-25-17-26(44)28-29(34(25)47)31(40-14-15-42)21(4)36-30(28)37(48)39(8,53-36)51-16-13-27(50-9)20(3)35(52-24(7)43)23(6)33(46)22(5)32(18)45/h10-13,16-18,20,22-23,27,32-33,35,40,42,45-46H,14-15H2,1-9H3,(H,41,49)/b11-10+,16-13+,19-12-/t18-,20+,22+,23+,27-,32-,33+,35+,39-/m0/s1. The topological polar surface area (TPSA) is 207 Å². The number of methoxy groups -OCH3 is 1. The smallest absolute Gasteiger partial charge is 0.312 e. The number of carbonyl (C=O) groups is 5. The molecular weight excluding hydrogens is 688 g/mol.